The lowest BCUT2D eigenvalue weighted by Gasteiger charge is -2.30. The fourth-order valence-corrected chi connectivity index (χ4v) is 18.5. The molecule has 13 aromatic carbocycles. The monoisotopic (exact) mass is 1250 g/mol. The molecule has 13 rings (SSSR count). The summed E-state index contributed by atoms with van der Waals surface area (Å²) in [5.74, 6) is 1.93. The molecule has 0 fully saturated rings. The van der Waals surface area contributed by atoms with Crippen molar-refractivity contribution in [2.75, 3.05) is 14.2 Å². The van der Waals surface area contributed by atoms with E-state index in [2.05, 4.69) is 100 Å². The summed E-state index contributed by atoms with van der Waals surface area (Å²) in [7, 11) is 3.81. The number of hydrogen-bond donors (Lipinski definition) is 0. The Kier molecular flexibility index (Phi) is 22.7. The molecule has 0 spiro atoms. The van der Waals surface area contributed by atoms with Gasteiger partial charge in [-0.1, -0.05) is 307 Å². The van der Waals surface area contributed by atoms with Crippen LogP contribution in [0.5, 0.6) is 11.5 Å². The molecule has 0 bridgehead atoms. The van der Waals surface area contributed by atoms with E-state index in [9.17, 15) is 0 Å². The maximum absolute atomic E-state index is 6.53. The first-order valence-corrected chi connectivity index (χ1v) is 39.9. The molecule has 0 aromatic heterocycles. The summed E-state index contributed by atoms with van der Waals surface area (Å²) in [6, 6.07) is 31.4. The van der Waals surface area contributed by atoms with Crippen molar-refractivity contribution in [2.24, 2.45) is 0 Å². The van der Waals surface area contributed by atoms with Gasteiger partial charge in [-0.05, 0) is 227 Å². The Morgan fingerprint density at radius 3 is 0.457 bits per heavy atom. The number of methoxy groups -OCH3 is 2. The molecule has 0 aliphatic carbocycles. The number of benzene rings is 13. The molecule has 0 radical (unpaired) electrons. The lowest BCUT2D eigenvalue weighted by atomic mass is 9.72. The summed E-state index contributed by atoms with van der Waals surface area (Å²) in [6.07, 6.45) is 58.7. The second-order valence-corrected chi connectivity index (χ2v) is 30.4. The molecule has 0 heterocycles. The molecule has 0 saturated carbocycles. The van der Waals surface area contributed by atoms with Crippen molar-refractivity contribution in [3.05, 3.63) is 95.1 Å². The minimum absolute atomic E-state index is 0.965. The zero-order valence-corrected chi connectivity index (χ0v) is 59.9. The normalized spacial score (nSPS) is 12.7. The highest BCUT2D eigenvalue weighted by molar-refractivity contribution is 6.61. The third-order valence-corrected chi connectivity index (χ3v) is 23.5. The van der Waals surface area contributed by atoms with Crippen LogP contribution in [-0.2, 0) is 25.7 Å². The van der Waals surface area contributed by atoms with Crippen LogP contribution in [0.15, 0.2) is 72.8 Å². The van der Waals surface area contributed by atoms with E-state index in [4.69, 9.17) is 9.47 Å². The summed E-state index contributed by atoms with van der Waals surface area (Å²) in [4.78, 5) is 0. The quantitative estimate of drug-likeness (QED) is 0.0215. The van der Waals surface area contributed by atoms with E-state index in [0.717, 1.165) is 37.2 Å². The van der Waals surface area contributed by atoms with E-state index in [1.54, 1.807) is 0 Å². The molecule has 498 valence electrons. The van der Waals surface area contributed by atoms with Crippen LogP contribution < -0.4 is 9.47 Å². The van der Waals surface area contributed by atoms with Gasteiger partial charge in [-0.25, -0.2) is 0 Å². The highest BCUT2D eigenvalue weighted by Crippen LogP contribution is 2.61. The van der Waals surface area contributed by atoms with Crippen LogP contribution in [0.25, 0.3) is 129 Å². The summed E-state index contributed by atoms with van der Waals surface area (Å²) >= 11 is 0. The van der Waals surface area contributed by atoms with Gasteiger partial charge in [0.25, 0.3) is 0 Å². The van der Waals surface area contributed by atoms with Crippen LogP contribution in [0, 0.1) is 0 Å². The van der Waals surface area contributed by atoms with Crippen LogP contribution in [0.4, 0.5) is 0 Å². The van der Waals surface area contributed by atoms with Crippen molar-refractivity contribution in [1.29, 1.82) is 0 Å². The second kappa shape index (κ2) is 32.0. The standard InChI is InChI=1S/C92H118O2/c1-7-11-15-19-23-27-31-35-39-43-47-63-51-69-71-53-64(48-44-40-36-32-28-24-20-16-12-8-2)55-73-77-59-67(93-5)61-79-75-57-66(50-46-42-38-34-30-26-22-18-14-10-4)58-76-80-62-68(94-6)60-78-74-56-65(49-45-41-37-33-29-25-21-17-13-9-3)54-72-70(52-63)81(69)87-88(82(71)73)91(85(77)79)90(84(75)76)92(86(78)80)89(87)83(72)74/h51-62H,7-50H2,1-6H3. The number of hydrogen-bond acceptors (Lipinski definition) is 2. The van der Waals surface area contributed by atoms with Crippen molar-refractivity contribution in [3.8, 4) is 11.5 Å². The first kappa shape index (κ1) is 66.7. The van der Waals surface area contributed by atoms with Gasteiger partial charge >= 0.3 is 0 Å². The van der Waals surface area contributed by atoms with Crippen LogP contribution in [0.3, 0.4) is 0 Å². The van der Waals surface area contributed by atoms with Crippen LogP contribution in [0.1, 0.15) is 307 Å². The zero-order valence-electron chi connectivity index (χ0n) is 59.9. The molecule has 2 heteroatoms. The molecule has 0 N–H and O–H groups in total. The highest BCUT2D eigenvalue weighted by Gasteiger charge is 2.33. The van der Waals surface area contributed by atoms with E-state index >= 15 is 0 Å². The molecule has 13 aromatic rings. The van der Waals surface area contributed by atoms with Crippen LogP contribution in [0.2, 0.25) is 0 Å². The molecule has 0 saturated heterocycles. The number of ether oxygens (including phenoxy) is 2. The fraction of sp³-hybridized carbons (Fsp3) is 0.543. The molecule has 94 heavy (non-hydrogen) atoms. The average Bonchev–Trinajstić information content (AvgIpc) is 0.644. The molecule has 0 aliphatic rings. The van der Waals surface area contributed by atoms with E-state index in [1.165, 1.54) is 408 Å². The number of aryl methyl sites for hydroxylation is 4. The second-order valence-electron chi connectivity index (χ2n) is 30.4. The average molecular weight is 1260 g/mol. The van der Waals surface area contributed by atoms with Crippen molar-refractivity contribution >= 4 is 129 Å². The van der Waals surface area contributed by atoms with Gasteiger partial charge in [-0.15, -0.1) is 0 Å². The summed E-state index contributed by atoms with van der Waals surface area (Å²) in [5.41, 5.74) is 6.00. The Morgan fingerprint density at radius 1 is 0.170 bits per heavy atom. The van der Waals surface area contributed by atoms with Crippen molar-refractivity contribution < 1.29 is 9.47 Å². The van der Waals surface area contributed by atoms with Crippen LogP contribution in [-0.4, -0.2) is 14.2 Å². The van der Waals surface area contributed by atoms with Crippen molar-refractivity contribution in [1.82, 2.24) is 0 Å². The molecule has 0 amide bonds. The predicted molar refractivity (Wildman–Crippen MR) is 419 cm³/mol. The van der Waals surface area contributed by atoms with Gasteiger partial charge in [0.1, 0.15) is 11.5 Å². The molecule has 0 unspecified atom stereocenters. The first-order valence-electron chi connectivity index (χ1n) is 39.9. The maximum Gasteiger partial charge on any atom is 0.120 e. The maximum atomic E-state index is 6.53. The third kappa shape index (κ3) is 13.6. The molecule has 2 nitrogen and oxygen atoms in total. The van der Waals surface area contributed by atoms with Gasteiger partial charge in [0.2, 0.25) is 0 Å². The predicted octanol–water partition coefficient (Wildman–Crippen LogP) is 30.0. The molecular weight excluding hydrogens is 1140 g/mol. The Balaban J connectivity index is 1.01. The van der Waals surface area contributed by atoms with Gasteiger partial charge in [-0.2, -0.15) is 0 Å². The smallest absolute Gasteiger partial charge is 0.120 e. The Bertz CT molecular complexity index is 4230. The van der Waals surface area contributed by atoms with Gasteiger partial charge in [0.15, 0.2) is 0 Å². The minimum atomic E-state index is 0.965. The van der Waals surface area contributed by atoms with Gasteiger partial charge in [-0.3, -0.25) is 0 Å². The van der Waals surface area contributed by atoms with Gasteiger partial charge < -0.3 is 9.47 Å². The lowest BCUT2D eigenvalue weighted by Crippen LogP contribution is -2.03. The van der Waals surface area contributed by atoms with E-state index in [-0.39, 0.29) is 0 Å². The van der Waals surface area contributed by atoms with Gasteiger partial charge in [0.05, 0.1) is 14.2 Å². The number of rotatable bonds is 46. The molecular formula is C92H118O2. The number of unbranched alkanes of at least 4 members (excludes halogenated alkanes) is 36. The Labute approximate surface area is 566 Å². The van der Waals surface area contributed by atoms with Gasteiger partial charge in [0, 0.05) is 0 Å². The Morgan fingerprint density at radius 2 is 0.309 bits per heavy atom. The summed E-state index contributed by atoms with van der Waals surface area (Å²) in [6.45, 7) is 9.32. The fourth-order valence-electron chi connectivity index (χ4n) is 18.5. The SMILES string of the molecule is CCCCCCCCCCCCc1cc2c3cc(CCCCCCCCCCCC)cc4c5cc(OC)cc6c7cc(CCCCCCCCCCCC)cc8c9cc(OC)cc%10c%11cc(CCCCCCCCCCCC)cc%12c(c1)c2c1c(c34)c(c56)c(c78)c(c%109)c1c%12%11. The number of fused-ring (bicyclic) bond motifs is 6. The zero-order chi connectivity index (χ0) is 64.3. The van der Waals surface area contributed by atoms with E-state index in [1.807, 2.05) is 14.2 Å². The molecule has 0 aliphatic heterocycles. The minimum Gasteiger partial charge on any atom is -0.497 e. The van der Waals surface area contributed by atoms with Crippen LogP contribution >= 0.6 is 0 Å². The Hall–Kier alpha value is -5.86. The highest BCUT2D eigenvalue weighted by atomic mass is 16.5. The lowest BCUT2D eigenvalue weighted by molar-refractivity contribution is 0.416. The summed E-state index contributed by atoms with van der Waals surface area (Å²) in [5, 5.41) is 34.8. The molecule has 0 atom stereocenters. The van der Waals surface area contributed by atoms with E-state index < -0.39 is 0 Å². The summed E-state index contributed by atoms with van der Waals surface area (Å²) < 4.78 is 13.1. The van der Waals surface area contributed by atoms with Crippen molar-refractivity contribution in [2.45, 2.75) is 310 Å². The van der Waals surface area contributed by atoms with Crippen molar-refractivity contribution in [3.63, 3.8) is 0 Å². The largest absolute Gasteiger partial charge is 0.497 e. The third-order valence-electron chi connectivity index (χ3n) is 23.5. The topological polar surface area (TPSA) is 18.5 Å². The first-order chi connectivity index (χ1) is 46.5. The van der Waals surface area contributed by atoms with E-state index in [0.29, 0.717) is 0 Å².